The molecule has 1 aromatic carbocycles. The van der Waals surface area contributed by atoms with Crippen LogP contribution in [0.2, 0.25) is 0 Å². The predicted molar refractivity (Wildman–Crippen MR) is 143 cm³/mol. The zero-order valence-corrected chi connectivity index (χ0v) is 20.7. The molecule has 0 unspecified atom stereocenters. The van der Waals surface area contributed by atoms with E-state index >= 15 is 0 Å². The monoisotopic (exact) mass is 509 g/mol. The molecule has 5 heterocycles. The summed E-state index contributed by atoms with van der Waals surface area (Å²) in [6.07, 6.45) is 8.20. The quantitative estimate of drug-likeness (QED) is 0.277. The zero-order chi connectivity index (χ0) is 26.2. The van der Waals surface area contributed by atoms with Gasteiger partial charge in [-0.3, -0.25) is 15.1 Å². The number of likely N-dealkylation sites (N-methyl/N-ethyl adjacent to an activating group) is 1. The molecular weight excluding hydrogens is 485 g/mol. The number of benzene rings is 1. The first-order valence-electron chi connectivity index (χ1n) is 12.0. The third-order valence-electron chi connectivity index (χ3n) is 6.26. The number of H-pyrrole nitrogens is 2. The smallest absolute Gasteiger partial charge is 0.155 e. The topological polar surface area (TPSA) is 116 Å². The number of nitrogens with zero attached hydrogens (tertiary/aromatic N) is 5. The van der Waals surface area contributed by atoms with Gasteiger partial charge < -0.3 is 19.7 Å². The van der Waals surface area contributed by atoms with Crippen LogP contribution >= 0.6 is 0 Å². The van der Waals surface area contributed by atoms with Gasteiger partial charge >= 0.3 is 0 Å². The van der Waals surface area contributed by atoms with Gasteiger partial charge in [0.05, 0.1) is 23.6 Å². The summed E-state index contributed by atoms with van der Waals surface area (Å²) in [6.45, 7) is 1.17. The Hall–Kier alpha value is -4.83. The molecule has 5 aromatic heterocycles. The summed E-state index contributed by atoms with van der Waals surface area (Å²) in [4.78, 5) is 18.3. The molecule has 0 fully saturated rings. The number of aromatic nitrogens is 6. The Morgan fingerprint density at radius 1 is 0.895 bits per heavy atom. The lowest BCUT2D eigenvalue weighted by Crippen LogP contribution is -2.19. The molecule has 0 amide bonds. The van der Waals surface area contributed by atoms with E-state index in [0.29, 0.717) is 29.3 Å². The lowest BCUT2D eigenvalue weighted by atomic mass is 10.0. The standard InChI is InChI=1S/C28H24FN7O2/c1-36(2)3-4-38-21-7-16(5-19(29)9-21)24-14-31-15-26-22(24)10-25(33-26)27-23-8-18(12-32-28(23)35-34-27)17-6-20(37)13-30-11-17/h5-15,33,37H,3-4H2,1-2H3,(H,32,34,35). The summed E-state index contributed by atoms with van der Waals surface area (Å²) in [5.41, 5.74) is 5.82. The van der Waals surface area contributed by atoms with E-state index in [4.69, 9.17) is 4.74 Å². The minimum absolute atomic E-state index is 0.0780. The highest BCUT2D eigenvalue weighted by atomic mass is 19.1. The average Bonchev–Trinajstić information content (AvgIpc) is 3.51. The minimum atomic E-state index is -0.381. The molecular formula is C28H24FN7O2. The molecule has 0 aliphatic carbocycles. The van der Waals surface area contributed by atoms with Gasteiger partial charge in [0.25, 0.3) is 0 Å². The molecule has 0 saturated carbocycles. The van der Waals surface area contributed by atoms with E-state index in [1.807, 2.05) is 37.2 Å². The van der Waals surface area contributed by atoms with Gasteiger partial charge in [-0.1, -0.05) is 0 Å². The highest BCUT2D eigenvalue weighted by Crippen LogP contribution is 2.35. The summed E-state index contributed by atoms with van der Waals surface area (Å²) in [5, 5.41) is 19.0. The molecule has 0 aliphatic heterocycles. The van der Waals surface area contributed by atoms with E-state index in [2.05, 4.69) is 30.1 Å². The van der Waals surface area contributed by atoms with Crippen molar-refractivity contribution >= 4 is 21.9 Å². The Kier molecular flexibility index (Phi) is 5.93. The maximum atomic E-state index is 14.5. The van der Waals surface area contributed by atoms with Crippen LogP contribution in [0.3, 0.4) is 0 Å². The number of halogens is 1. The SMILES string of the molecule is CN(C)CCOc1cc(F)cc(-c2cncc3[nH]c(-c4n[nH]c5ncc(-c6cncc(O)c6)cc45)cc23)c1. The lowest BCUT2D eigenvalue weighted by molar-refractivity contribution is 0.260. The fourth-order valence-electron chi connectivity index (χ4n) is 4.41. The number of nitrogens with one attached hydrogen (secondary N) is 2. The second-order valence-electron chi connectivity index (χ2n) is 9.28. The van der Waals surface area contributed by atoms with Crippen LogP contribution in [-0.2, 0) is 0 Å². The van der Waals surface area contributed by atoms with Crippen molar-refractivity contribution in [1.82, 2.24) is 35.0 Å². The highest BCUT2D eigenvalue weighted by molar-refractivity contribution is 6.00. The number of rotatable bonds is 7. The van der Waals surface area contributed by atoms with Crippen LogP contribution in [-0.4, -0.2) is 67.4 Å². The average molecular weight is 510 g/mol. The maximum Gasteiger partial charge on any atom is 0.155 e. The van der Waals surface area contributed by atoms with Crippen LogP contribution in [0.4, 0.5) is 4.39 Å². The summed E-state index contributed by atoms with van der Waals surface area (Å²) in [7, 11) is 3.92. The van der Waals surface area contributed by atoms with Crippen LogP contribution in [0.1, 0.15) is 0 Å². The minimum Gasteiger partial charge on any atom is -0.506 e. The van der Waals surface area contributed by atoms with Crippen LogP contribution in [0.15, 0.2) is 67.4 Å². The van der Waals surface area contributed by atoms with Crippen molar-refractivity contribution in [2.24, 2.45) is 0 Å². The fraction of sp³-hybridized carbons (Fsp3) is 0.143. The molecule has 0 spiro atoms. The number of aromatic hydroxyl groups is 1. The van der Waals surface area contributed by atoms with Crippen molar-refractivity contribution in [3.63, 3.8) is 0 Å². The first kappa shape index (κ1) is 23.6. The Morgan fingerprint density at radius 2 is 1.74 bits per heavy atom. The van der Waals surface area contributed by atoms with Gasteiger partial charge in [-0.25, -0.2) is 9.37 Å². The van der Waals surface area contributed by atoms with Crippen LogP contribution < -0.4 is 4.74 Å². The number of fused-ring (bicyclic) bond motifs is 2. The highest BCUT2D eigenvalue weighted by Gasteiger charge is 2.16. The molecule has 38 heavy (non-hydrogen) atoms. The van der Waals surface area contributed by atoms with E-state index in [1.54, 1.807) is 30.9 Å². The number of ether oxygens (including phenoxy) is 1. The van der Waals surface area contributed by atoms with E-state index in [0.717, 1.165) is 45.2 Å². The van der Waals surface area contributed by atoms with Gasteiger partial charge in [-0.05, 0) is 50.0 Å². The number of hydrogen-bond acceptors (Lipinski definition) is 7. The molecule has 0 bridgehead atoms. The van der Waals surface area contributed by atoms with Crippen LogP contribution in [0.25, 0.3) is 55.6 Å². The first-order valence-corrected chi connectivity index (χ1v) is 12.0. The van der Waals surface area contributed by atoms with E-state index in [1.165, 1.54) is 18.3 Å². The molecule has 6 aromatic rings. The normalized spacial score (nSPS) is 11.6. The summed E-state index contributed by atoms with van der Waals surface area (Å²) < 4.78 is 20.3. The van der Waals surface area contributed by atoms with Gasteiger partial charge in [-0.15, -0.1) is 0 Å². The lowest BCUT2D eigenvalue weighted by Gasteiger charge is -2.12. The zero-order valence-electron chi connectivity index (χ0n) is 20.7. The number of pyridine rings is 3. The van der Waals surface area contributed by atoms with Crippen molar-refractivity contribution in [2.75, 3.05) is 27.2 Å². The summed E-state index contributed by atoms with van der Waals surface area (Å²) >= 11 is 0. The second-order valence-corrected chi connectivity index (χ2v) is 9.28. The van der Waals surface area contributed by atoms with E-state index in [9.17, 15) is 9.50 Å². The van der Waals surface area contributed by atoms with Gasteiger partial charge in [0.1, 0.15) is 29.6 Å². The Balaban J connectivity index is 1.40. The van der Waals surface area contributed by atoms with Crippen molar-refractivity contribution in [1.29, 1.82) is 0 Å². The van der Waals surface area contributed by atoms with Gasteiger partial charge in [0.2, 0.25) is 0 Å². The van der Waals surface area contributed by atoms with Gasteiger partial charge in [0.15, 0.2) is 5.65 Å². The Morgan fingerprint density at radius 3 is 2.58 bits per heavy atom. The Labute approximate surface area is 217 Å². The molecule has 3 N–H and O–H groups in total. The third-order valence-corrected chi connectivity index (χ3v) is 6.26. The number of hydrogen-bond donors (Lipinski definition) is 3. The van der Waals surface area contributed by atoms with Crippen molar-refractivity contribution in [3.8, 4) is 45.1 Å². The van der Waals surface area contributed by atoms with Crippen LogP contribution in [0, 0.1) is 5.82 Å². The third kappa shape index (κ3) is 4.53. The summed E-state index contributed by atoms with van der Waals surface area (Å²) in [6, 6.07) is 10.2. The predicted octanol–water partition coefficient (Wildman–Crippen LogP) is 5.02. The molecule has 10 heteroatoms. The molecule has 9 nitrogen and oxygen atoms in total. The first-order chi connectivity index (χ1) is 18.4. The van der Waals surface area contributed by atoms with E-state index < -0.39 is 0 Å². The Bertz CT molecular complexity index is 1780. The van der Waals surface area contributed by atoms with Crippen molar-refractivity contribution in [3.05, 3.63) is 73.2 Å². The fourth-order valence-corrected chi connectivity index (χ4v) is 4.41. The molecule has 190 valence electrons. The maximum absolute atomic E-state index is 14.5. The largest absolute Gasteiger partial charge is 0.506 e. The second kappa shape index (κ2) is 9.56. The number of aromatic amines is 2. The van der Waals surface area contributed by atoms with Crippen LogP contribution in [0.5, 0.6) is 11.5 Å². The van der Waals surface area contributed by atoms with Gasteiger partial charge in [0, 0.05) is 58.7 Å². The molecule has 0 atom stereocenters. The molecule has 6 rings (SSSR count). The summed E-state index contributed by atoms with van der Waals surface area (Å²) in [5.74, 6) is 0.163. The van der Waals surface area contributed by atoms with Gasteiger partial charge in [-0.2, -0.15) is 5.10 Å². The molecule has 0 aliphatic rings. The molecule has 0 radical (unpaired) electrons. The molecule has 0 saturated heterocycles. The van der Waals surface area contributed by atoms with Crippen molar-refractivity contribution < 1.29 is 14.2 Å². The van der Waals surface area contributed by atoms with Crippen molar-refractivity contribution in [2.45, 2.75) is 0 Å². The van der Waals surface area contributed by atoms with E-state index in [-0.39, 0.29) is 11.6 Å².